The molecular formula is C23H22ClN3OS. The molecule has 1 aliphatic rings. The van der Waals surface area contributed by atoms with Crippen LogP contribution in [0.15, 0.2) is 77.8 Å². The molecule has 0 N–H and O–H groups in total. The first-order valence-electron chi connectivity index (χ1n) is 9.61. The zero-order valence-corrected chi connectivity index (χ0v) is 17.6. The minimum Gasteiger partial charge on any atom is -0.353 e. The number of rotatable bonds is 5. The average Bonchev–Trinajstić information content (AvgIpc) is 2.79. The highest BCUT2D eigenvalue weighted by molar-refractivity contribution is 7.98. The second-order valence-corrected chi connectivity index (χ2v) is 8.40. The first-order valence-corrected chi connectivity index (χ1v) is 11.0. The number of piperazine rings is 1. The molecule has 29 heavy (non-hydrogen) atoms. The molecule has 2 aromatic carbocycles. The summed E-state index contributed by atoms with van der Waals surface area (Å²) in [6.07, 6.45) is 1.81. The summed E-state index contributed by atoms with van der Waals surface area (Å²) in [7, 11) is 0. The normalized spacial score (nSPS) is 14.1. The number of hydrogen-bond acceptors (Lipinski definition) is 4. The van der Waals surface area contributed by atoms with Gasteiger partial charge in [-0.15, -0.1) is 11.8 Å². The highest BCUT2D eigenvalue weighted by Gasteiger charge is 2.22. The SMILES string of the molecule is O=C(c1cccc(CSc2ccc(Cl)cc2)c1)N1CCN(c2ccccn2)CC1. The van der Waals surface area contributed by atoms with Gasteiger partial charge in [-0.2, -0.15) is 0 Å². The van der Waals surface area contributed by atoms with E-state index in [0.717, 1.165) is 45.7 Å². The predicted octanol–water partition coefficient (Wildman–Crippen LogP) is 4.99. The molecule has 4 rings (SSSR count). The summed E-state index contributed by atoms with van der Waals surface area (Å²) in [5, 5.41) is 0.741. The molecule has 148 valence electrons. The van der Waals surface area contributed by atoms with Gasteiger partial charge >= 0.3 is 0 Å². The monoisotopic (exact) mass is 423 g/mol. The van der Waals surface area contributed by atoms with Crippen LogP contribution < -0.4 is 4.90 Å². The van der Waals surface area contributed by atoms with Crippen LogP contribution in [-0.2, 0) is 5.75 Å². The Labute approximate surface area is 180 Å². The summed E-state index contributed by atoms with van der Waals surface area (Å²) in [5.74, 6) is 1.89. The Kier molecular flexibility index (Phi) is 6.37. The Morgan fingerprint density at radius 1 is 0.966 bits per heavy atom. The quantitative estimate of drug-likeness (QED) is 0.542. The molecule has 0 spiro atoms. The summed E-state index contributed by atoms with van der Waals surface area (Å²) in [6.45, 7) is 3.02. The van der Waals surface area contributed by atoms with E-state index in [1.165, 1.54) is 0 Å². The van der Waals surface area contributed by atoms with Gasteiger partial charge in [-0.05, 0) is 54.1 Å². The Hall–Kier alpha value is -2.50. The number of amides is 1. The van der Waals surface area contributed by atoms with Crippen molar-refractivity contribution in [3.63, 3.8) is 0 Å². The number of thioether (sulfide) groups is 1. The molecule has 0 bridgehead atoms. The van der Waals surface area contributed by atoms with E-state index in [-0.39, 0.29) is 5.91 Å². The van der Waals surface area contributed by atoms with Gasteiger partial charge in [0.15, 0.2) is 0 Å². The van der Waals surface area contributed by atoms with Gasteiger partial charge in [0.25, 0.3) is 5.91 Å². The number of hydrogen-bond donors (Lipinski definition) is 0. The van der Waals surface area contributed by atoms with E-state index in [4.69, 9.17) is 11.6 Å². The minimum atomic E-state index is 0.101. The summed E-state index contributed by atoms with van der Waals surface area (Å²) in [5.41, 5.74) is 1.90. The van der Waals surface area contributed by atoms with E-state index < -0.39 is 0 Å². The maximum absolute atomic E-state index is 13.0. The molecule has 0 atom stereocenters. The van der Waals surface area contributed by atoms with Gasteiger partial charge in [0.2, 0.25) is 0 Å². The maximum Gasteiger partial charge on any atom is 0.253 e. The van der Waals surface area contributed by atoms with Crippen LogP contribution in [0.25, 0.3) is 0 Å². The summed E-state index contributed by atoms with van der Waals surface area (Å²) in [6, 6.07) is 21.7. The molecular weight excluding hydrogens is 402 g/mol. The van der Waals surface area contributed by atoms with Crippen LogP contribution in [0.5, 0.6) is 0 Å². The molecule has 1 fully saturated rings. The number of halogens is 1. The van der Waals surface area contributed by atoms with Gasteiger partial charge in [-0.25, -0.2) is 4.98 Å². The third kappa shape index (κ3) is 5.11. The molecule has 4 nitrogen and oxygen atoms in total. The van der Waals surface area contributed by atoms with Gasteiger partial charge in [-0.3, -0.25) is 4.79 Å². The van der Waals surface area contributed by atoms with Crippen molar-refractivity contribution >= 4 is 35.1 Å². The molecule has 1 amide bonds. The number of pyridine rings is 1. The molecule has 0 unspecified atom stereocenters. The zero-order valence-electron chi connectivity index (χ0n) is 16.0. The van der Waals surface area contributed by atoms with Gasteiger partial charge in [0.1, 0.15) is 5.82 Å². The lowest BCUT2D eigenvalue weighted by atomic mass is 10.1. The van der Waals surface area contributed by atoms with Crippen LogP contribution in [0, 0.1) is 0 Å². The molecule has 0 aliphatic carbocycles. The molecule has 1 aromatic heterocycles. The molecule has 0 radical (unpaired) electrons. The smallest absolute Gasteiger partial charge is 0.253 e. The number of nitrogens with zero attached hydrogens (tertiary/aromatic N) is 3. The van der Waals surface area contributed by atoms with Crippen LogP contribution in [0.1, 0.15) is 15.9 Å². The van der Waals surface area contributed by atoms with Crippen molar-refractivity contribution in [2.24, 2.45) is 0 Å². The lowest BCUT2D eigenvalue weighted by Crippen LogP contribution is -2.49. The van der Waals surface area contributed by atoms with Crippen molar-refractivity contribution < 1.29 is 4.79 Å². The number of carbonyl (C=O) groups excluding carboxylic acids is 1. The number of carbonyl (C=O) groups is 1. The van der Waals surface area contributed by atoms with Crippen molar-refractivity contribution in [3.05, 3.63) is 89.1 Å². The van der Waals surface area contributed by atoms with Crippen molar-refractivity contribution in [2.75, 3.05) is 31.1 Å². The van der Waals surface area contributed by atoms with E-state index in [1.807, 2.05) is 65.6 Å². The second kappa shape index (κ2) is 9.33. The molecule has 1 aliphatic heterocycles. The third-order valence-electron chi connectivity index (χ3n) is 4.93. The topological polar surface area (TPSA) is 36.4 Å². The van der Waals surface area contributed by atoms with E-state index in [9.17, 15) is 4.79 Å². The fraction of sp³-hybridized carbons (Fsp3) is 0.217. The molecule has 6 heteroatoms. The van der Waals surface area contributed by atoms with Crippen LogP contribution in [-0.4, -0.2) is 42.0 Å². The number of aromatic nitrogens is 1. The van der Waals surface area contributed by atoms with Crippen molar-refractivity contribution in [1.82, 2.24) is 9.88 Å². The van der Waals surface area contributed by atoms with Gasteiger partial charge in [-0.1, -0.05) is 29.8 Å². The molecule has 0 saturated carbocycles. The van der Waals surface area contributed by atoms with Crippen LogP contribution in [0.4, 0.5) is 5.82 Å². The highest BCUT2D eigenvalue weighted by atomic mass is 35.5. The van der Waals surface area contributed by atoms with Crippen LogP contribution >= 0.6 is 23.4 Å². The lowest BCUT2D eigenvalue weighted by molar-refractivity contribution is 0.0746. The molecule has 1 saturated heterocycles. The minimum absolute atomic E-state index is 0.101. The largest absolute Gasteiger partial charge is 0.353 e. The third-order valence-corrected chi connectivity index (χ3v) is 6.27. The van der Waals surface area contributed by atoms with Crippen molar-refractivity contribution in [3.8, 4) is 0 Å². The number of anilines is 1. The molecule has 3 aromatic rings. The maximum atomic E-state index is 13.0. The molecule has 2 heterocycles. The average molecular weight is 424 g/mol. The van der Waals surface area contributed by atoms with E-state index in [1.54, 1.807) is 18.0 Å². The van der Waals surface area contributed by atoms with Crippen molar-refractivity contribution in [1.29, 1.82) is 0 Å². The second-order valence-electron chi connectivity index (χ2n) is 6.91. The fourth-order valence-electron chi connectivity index (χ4n) is 3.35. The summed E-state index contributed by atoms with van der Waals surface area (Å²) in [4.78, 5) is 22.7. The first-order chi connectivity index (χ1) is 14.2. The Morgan fingerprint density at radius 2 is 1.76 bits per heavy atom. The van der Waals surface area contributed by atoms with E-state index in [0.29, 0.717) is 13.1 Å². The lowest BCUT2D eigenvalue weighted by Gasteiger charge is -2.35. The van der Waals surface area contributed by atoms with Gasteiger partial charge in [0, 0.05) is 53.6 Å². The zero-order chi connectivity index (χ0) is 20.1. The van der Waals surface area contributed by atoms with Gasteiger partial charge in [0.05, 0.1) is 0 Å². The Balaban J connectivity index is 1.35. The first kappa shape index (κ1) is 19.8. The van der Waals surface area contributed by atoms with Crippen LogP contribution in [0.2, 0.25) is 5.02 Å². The number of benzene rings is 2. The highest BCUT2D eigenvalue weighted by Crippen LogP contribution is 2.25. The Bertz CT molecular complexity index is 957. The van der Waals surface area contributed by atoms with E-state index >= 15 is 0 Å². The van der Waals surface area contributed by atoms with Crippen LogP contribution in [0.3, 0.4) is 0 Å². The Morgan fingerprint density at radius 3 is 2.48 bits per heavy atom. The standard InChI is InChI=1S/C23H22ClN3OS/c24-20-7-9-21(10-8-20)29-17-18-4-3-5-19(16-18)23(28)27-14-12-26(13-15-27)22-6-1-2-11-25-22/h1-11,16H,12-15,17H2. The van der Waals surface area contributed by atoms with Crippen molar-refractivity contribution in [2.45, 2.75) is 10.6 Å². The summed E-state index contributed by atoms with van der Waals surface area (Å²) < 4.78 is 0. The summed E-state index contributed by atoms with van der Waals surface area (Å²) >= 11 is 7.68. The van der Waals surface area contributed by atoms with Gasteiger partial charge < -0.3 is 9.80 Å². The van der Waals surface area contributed by atoms with E-state index in [2.05, 4.69) is 16.0 Å². The predicted molar refractivity (Wildman–Crippen MR) is 120 cm³/mol. The fourth-order valence-corrected chi connectivity index (χ4v) is 4.32.